The van der Waals surface area contributed by atoms with E-state index in [1.807, 2.05) is 0 Å². The van der Waals surface area contributed by atoms with Crippen molar-refractivity contribution in [1.82, 2.24) is 0 Å². The first-order valence-corrected chi connectivity index (χ1v) is 14.7. The zero-order chi connectivity index (χ0) is 14.9. The van der Waals surface area contributed by atoms with E-state index in [0.717, 1.165) is 11.3 Å². The molecule has 0 N–H and O–H groups in total. The van der Waals surface area contributed by atoms with E-state index in [4.69, 9.17) is 24.8 Å². The number of thiocarbonyl (C=S) groups is 1. The normalized spacial score (nSPS) is 13.4. The summed E-state index contributed by atoms with van der Waals surface area (Å²) in [5.74, 6) is 0. The van der Waals surface area contributed by atoms with Crippen LogP contribution in [-0.4, -0.2) is 25.0 Å². The van der Waals surface area contributed by atoms with Crippen molar-refractivity contribution in [2.45, 2.75) is 49.7 Å². The van der Waals surface area contributed by atoms with Crippen LogP contribution in [0.2, 0.25) is 39.3 Å². The van der Waals surface area contributed by atoms with E-state index in [2.05, 4.69) is 69.6 Å². The van der Waals surface area contributed by atoms with Crippen LogP contribution < -0.4 is 0 Å². The lowest BCUT2D eigenvalue weighted by atomic mass is 10.1. The van der Waals surface area contributed by atoms with Crippen LogP contribution in [0.15, 0.2) is 30.3 Å². The van der Waals surface area contributed by atoms with Gasteiger partial charge in [0.15, 0.2) is 0 Å². The number of thiol groups is 1. The molecular formula is C15H26S2Si2. The fourth-order valence-electron chi connectivity index (χ4n) is 2.87. The molecule has 0 aliphatic rings. The highest BCUT2D eigenvalue weighted by Crippen LogP contribution is 2.39. The van der Waals surface area contributed by atoms with Gasteiger partial charge < -0.3 is 0 Å². The number of benzene rings is 1. The van der Waals surface area contributed by atoms with Gasteiger partial charge in [-0.2, -0.15) is 12.6 Å². The van der Waals surface area contributed by atoms with Crippen molar-refractivity contribution in [2.75, 3.05) is 0 Å². The smallest absolute Gasteiger partial charge is 0.0649 e. The van der Waals surface area contributed by atoms with Gasteiger partial charge in [0, 0.05) is 15.3 Å². The lowest BCUT2D eigenvalue weighted by Gasteiger charge is -2.49. The lowest BCUT2D eigenvalue weighted by molar-refractivity contribution is 1.24. The average molecular weight is 327 g/mol. The molecular weight excluding hydrogens is 300 g/mol. The quantitative estimate of drug-likeness (QED) is 0.450. The highest BCUT2D eigenvalue weighted by molar-refractivity contribution is 7.92. The molecule has 0 radical (unpaired) electrons. The molecule has 0 saturated carbocycles. The molecule has 106 valence electrons. The predicted molar refractivity (Wildman–Crippen MR) is 101 cm³/mol. The first-order valence-electron chi connectivity index (χ1n) is 6.80. The average Bonchev–Trinajstić information content (AvgIpc) is 2.26. The number of hydrogen-bond acceptors (Lipinski definition) is 2. The largest absolute Gasteiger partial charge is 0.174 e. The van der Waals surface area contributed by atoms with E-state index in [0.29, 0.717) is 0 Å². The molecule has 0 spiro atoms. The van der Waals surface area contributed by atoms with Crippen LogP contribution in [-0.2, 0) is 6.42 Å². The molecule has 4 heteroatoms. The molecule has 1 aromatic rings. The van der Waals surface area contributed by atoms with Crippen LogP contribution in [0, 0.1) is 0 Å². The van der Waals surface area contributed by atoms with Crippen molar-refractivity contribution < 1.29 is 0 Å². The second-order valence-electron chi connectivity index (χ2n) is 7.30. The standard InChI is InChI=1S/C15H26S2Si2/c1-18(2,3)15(17,19(4,5)6)14(16)12-13-10-8-7-9-11-13/h7-11,17H,12H2,1-6H3. The van der Waals surface area contributed by atoms with Gasteiger partial charge in [-0.15, -0.1) is 0 Å². The van der Waals surface area contributed by atoms with Crippen LogP contribution in [0.25, 0.3) is 0 Å². The van der Waals surface area contributed by atoms with E-state index >= 15 is 0 Å². The molecule has 0 aromatic heterocycles. The summed E-state index contributed by atoms with van der Waals surface area (Å²) in [6, 6.07) is 10.5. The van der Waals surface area contributed by atoms with Crippen molar-refractivity contribution in [3.05, 3.63) is 35.9 Å². The zero-order valence-corrected chi connectivity index (χ0v) is 16.7. The van der Waals surface area contributed by atoms with Crippen molar-refractivity contribution in [2.24, 2.45) is 0 Å². The van der Waals surface area contributed by atoms with Crippen molar-refractivity contribution in [3.8, 4) is 0 Å². The summed E-state index contributed by atoms with van der Waals surface area (Å²) in [5, 5.41) is 0. The Morgan fingerprint density at radius 1 is 1.00 bits per heavy atom. The van der Waals surface area contributed by atoms with Gasteiger partial charge in [0.1, 0.15) is 0 Å². The Hall–Kier alpha value is 0.0938. The maximum Gasteiger partial charge on any atom is 0.0649 e. The number of hydrogen-bond donors (Lipinski definition) is 1. The molecule has 1 rings (SSSR count). The third-order valence-corrected chi connectivity index (χ3v) is 18.5. The minimum atomic E-state index is -1.48. The Kier molecular flexibility index (Phi) is 5.27. The topological polar surface area (TPSA) is 0 Å². The Labute approximate surface area is 131 Å². The van der Waals surface area contributed by atoms with E-state index < -0.39 is 16.1 Å². The summed E-state index contributed by atoms with van der Waals surface area (Å²) in [4.78, 5) is 1.15. The molecule has 0 nitrogen and oxygen atoms in total. The van der Waals surface area contributed by atoms with Gasteiger partial charge in [0.05, 0.1) is 16.1 Å². The fourth-order valence-corrected chi connectivity index (χ4v) is 15.8. The molecule has 0 atom stereocenters. The van der Waals surface area contributed by atoms with Crippen molar-refractivity contribution in [1.29, 1.82) is 0 Å². The fraction of sp³-hybridized carbons (Fsp3) is 0.533. The summed E-state index contributed by atoms with van der Waals surface area (Å²) in [6.07, 6.45) is 0.883. The second kappa shape index (κ2) is 5.84. The zero-order valence-electron chi connectivity index (χ0n) is 12.9. The van der Waals surface area contributed by atoms with Crippen LogP contribution in [0.3, 0.4) is 0 Å². The van der Waals surface area contributed by atoms with Gasteiger partial charge in [0.2, 0.25) is 0 Å². The van der Waals surface area contributed by atoms with Crippen LogP contribution in [0.5, 0.6) is 0 Å². The Bertz CT molecular complexity index is 427. The molecule has 0 fully saturated rings. The third kappa shape index (κ3) is 3.60. The highest BCUT2D eigenvalue weighted by Gasteiger charge is 2.52. The van der Waals surface area contributed by atoms with Gasteiger partial charge in [-0.1, -0.05) is 81.8 Å². The first-order chi connectivity index (χ1) is 8.50. The SMILES string of the molecule is C[Si](C)(C)C(S)(C(=S)Cc1ccccc1)[Si](C)(C)C. The molecule has 19 heavy (non-hydrogen) atoms. The van der Waals surface area contributed by atoms with E-state index in [1.165, 1.54) is 5.56 Å². The van der Waals surface area contributed by atoms with Gasteiger partial charge in [-0.25, -0.2) is 0 Å². The van der Waals surface area contributed by atoms with Crippen molar-refractivity contribution >= 4 is 45.9 Å². The van der Waals surface area contributed by atoms with Crippen molar-refractivity contribution in [3.63, 3.8) is 0 Å². The first kappa shape index (κ1) is 17.1. The molecule has 0 amide bonds. The minimum absolute atomic E-state index is 0.00876. The lowest BCUT2D eigenvalue weighted by Crippen LogP contribution is -2.67. The maximum atomic E-state index is 5.86. The van der Waals surface area contributed by atoms with Gasteiger partial charge in [0.25, 0.3) is 0 Å². The van der Waals surface area contributed by atoms with Gasteiger partial charge >= 0.3 is 0 Å². The Morgan fingerprint density at radius 2 is 1.42 bits per heavy atom. The molecule has 1 aromatic carbocycles. The summed E-state index contributed by atoms with van der Waals surface area (Å²) in [5.41, 5.74) is 1.31. The van der Waals surface area contributed by atoms with E-state index in [9.17, 15) is 0 Å². The molecule has 0 heterocycles. The monoisotopic (exact) mass is 326 g/mol. The van der Waals surface area contributed by atoms with E-state index in [1.54, 1.807) is 0 Å². The summed E-state index contributed by atoms with van der Waals surface area (Å²) in [6.45, 7) is 14.4. The second-order valence-corrected chi connectivity index (χ2v) is 20.3. The van der Waals surface area contributed by atoms with Crippen LogP contribution in [0.1, 0.15) is 5.56 Å². The van der Waals surface area contributed by atoms with Gasteiger partial charge in [-0.3, -0.25) is 0 Å². The molecule has 0 saturated heterocycles. The third-order valence-electron chi connectivity index (χ3n) is 3.78. The molecule has 0 unspecified atom stereocenters. The molecule has 0 aliphatic heterocycles. The predicted octanol–water partition coefficient (Wildman–Crippen LogP) is 5.02. The summed E-state index contributed by atoms with van der Waals surface area (Å²) < 4.78 is -0.00876. The van der Waals surface area contributed by atoms with Crippen LogP contribution >= 0.6 is 24.8 Å². The Balaban J connectivity index is 3.11. The van der Waals surface area contributed by atoms with Gasteiger partial charge in [-0.05, 0) is 5.56 Å². The minimum Gasteiger partial charge on any atom is -0.174 e. The maximum absolute atomic E-state index is 5.86. The van der Waals surface area contributed by atoms with E-state index in [-0.39, 0.29) is 3.99 Å². The number of rotatable bonds is 5. The summed E-state index contributed by atoms with van der Waals surface area (Å²) >= 11 is 11.0. The molecule has 0 aliphatic carbocycles. The highest BCUT2D eigenvalue weighted by atomic mass is 32.1. The Morgan fingerprint density at radius 3 is 1.79 bits per heavy atom. The van der Waals surface area contributed by atoms with Crippen LogP contribution in [0.4, 0.5) is 0 Å². The summed E-state index contributed by atoms with van der Waals surface area (Å²) in [7, 11) is -2.96. The molecule has 0 bridgehead atoms.